The number of rotatable bonds is 10. The fraction of sp³-hybridized carbons (Fsp3) is 0.318. The van der Waals surface area contributed by atoms with E-state index in [-0.39, 0.29) is 29.3 Å². The number of thioether (sulfide) groups is 1. The van der Waals surface area contributed by atoms with Crippen molar-refractivity contribution in [3.8, 4) is 5.75 Å². The van der Waals surface area contributed by atoms with Gasteiger partial charge in [-0.2, -0.15) is 0 Å². The van der Waals surface area contributed by atoms with Crippen LogP contribution in [0, 0.1) is 5.82 Å². The van der Waals surface area contributed by atoms with Gasteiger partial charge >= 0.3 is 0 Å². The first-order valence-electron chi connectivity index (χ1n) is 10.0. The van der Waals surface area contributed by atoms with E-state index in [9.17, 15) is 9.18 Å². The Kier molecular flexibility index (Phi) is 8.96. The van der Waals surface area contributed by atoms with E-state index in [1.807, 2.05) is 11.5 Å². The molecule has 1 heterocycles. The van der Waals surface area contributed by atoms with E-state index in [1.54, 1.807) is 44.4 Å². The molecular formula is C22H23Cl2FN4O3S. The molecule has 0 saturated heterocycles. The minimum absolute atomic E-state index is 0.00124. The van der Waals surface area contributed by atoms with E-state index in [2.05, 4.69) is 15.5 Å². The summed E-state index contributed by atoms with van der Waals surface area (Å²) in [5.41, 5.74) is 0.426. The van der Waals surface area contributed by atoms with Crippen LogP contribution >= 0.6 is 35.0 Å². The normalized spacial score (nSPS) is 12.9. The van der Waals surface area contributed by atoms with E-state index in [4.69, 9.17) is 32.7 Å². The van der Waals surface area contributed by atoms with E-state index in [1.165, 1.54) is 23.9 Å². The molecule has 0 aliphatic rings. The topological polar surface area (TPSA) is 78.3 Å². The molecular weight excluding hydrogens is 490 g/mol. The quantitative estimate of drug-likeness (QED) is 0.354. The Hall–Kier alpha value is -2.33. The SMILES string of the molecule is COC[C@@H](C)n1c(COc2ccccc2F)nnc1S[C@H](C)C(=O)Nc1cccc(Cl)c1Cl. The summed E-state index contributed by atoms with van der Waals surface area (Å²) in [6.45, 7) is 4.06. The molecule has 0 radical (unpaired) electrons. The third-order valence-corrected chi connectivity index (χ3v) is 6.51. The molecule has 7 nitrogen and oxygen atoms in total. The molecule has 0 saturated carbocycles. The number of amides is 1. The average molecular weight is 513 g/mol. The van der Waals surface area contributed by atoms with Crippen LogP contribution in [-0.4, -0.2) is 39.6 Å². The molecule has 1 amide bonds. The molecule has 0 spiro atoms. The van der Waals surface area contributed by atoms with Gasteiger partial charge in [0.2, 0.25) is 5.91 Å². The molecule has 0 bridgehead atoms. The van der Waals surface area contributed by atoms with Crippen molar-refractivity contribution in [1.29, 1.82) is 0 Å². The third-order valence-electron chi connectivity index (χ3n) is 4.64. The Bertz CT molecular complexity index is 1110. The first-order valence-corrected chi connectivity index (χ1v) is 11.7. The largest absolute Gasteiger partial charge is 0.483 e. The van der Waals surface area contributed by atoms with Gasteiger partial charge in [-0.05, 0) is 38.1 Å². The lowest BCUT2D eigenvalue weighted by Crippen LogP contribution is -2.24. The number of nitrogens with zero attached hydrogens (tertiary/aromatic N) is 3. The summed E-state index contributed by atoms with van der Waals surface area (Å²) in [5.74, 6) is -0.141. The maximum atomic E-state index is 13.9. The van der Waals surface area contributed by atoms with Gasteiger partial charge in [-0.15, -0.1) is 10.2 Å². The molecule has 0 fully saturated rings. The summed E-state index contributed by atoms with van der Waals surface area (Å²) < 4.78 is 26.6. The van der Waals surface area contributed by atoms with Crippen molar-refractivity contribution >= 4 is 46.6 Å². The number of methoxy groups -OCH3 is 1. The minimum Gasteiger partial charge on any atom is -0.483 e. The van der Waals surface area contributed by atoms with Crippen molar-refractivity contribution in [3.05, 3.63) is 64.2 Å². The molecule has 2 aromatic carbocycles. The smallest absolute Gasteiger partial charge is 0.237 e. The molecule has 1 N–H and O–H groups in total. The molecule has 0 aliphatic carbocycles. The van der Waals surface area contributed by atoms with Crippen LogP contribution in [0.5, 0.6) is 5.75 Å². The summed E-state index contributed by atoms with van der Waals surface area (Å²) in [7, 11) is 1.59. The van der Waals surface area contributed by atoms with E-state index >= 15 is 0 Å². The highest BCUT2D eigenvalue weighted by atomic mass is 35.5. The van der Waals surface area contributed by atoms with E-state index in [0.29, 0.717) is 28.3 Å². The van der Waals surface area contributed by atoms with Crippen LogP contribution in [0.1, 0.15) is 25.7 Å². The second-order valence-electron chi connectivity index (χ2n) is 7.14. The zero-order valence-corrected chi connectivity index (χ0v) is 20.5. The van der Waals surface area contributed by atoms with Crippen LogP contribution in [0.2, 0.25) is 10.0 Å². The van der Waals surface area contributed by atoms with Gasteiger partial charge in [-0.3, -0.25) is 9.36 Å². The van der Waals surface area contributed by atoms with Crippen LogP contribution in [0.15, 0.2) is 47.6 Å². The summed E-state index contributed by atoms with van der Waals surface area (Å²) in [4.78, 5) is 12.8. The maximum Gasteiger partial charge on any atom is 0.237 e. The summed E-state index contributed by atoms with van der Waals surface area (Å²) in [6.07, 6.45) is 0. The van der Waals surface area contributed by atoms with Crippen LogP contribution in [0.3, 0.4) is 0 Å². The average Bonchev–Trinajstić information content (AvgIpc) is 3.18. The van der Waals surface area contributed by atoms with E-state index < -0.39 is 11.1 Å². The number of carbonyl (C=O) groups excluding carboxylic acids is 1. The Balaban J connectivity index is 1.76. The zero-order valence-electron chi connectivity index (χ0n) is 18.2. The lowest BCUT2D eigenvalue weighted by atomic mass is 10.3. The van der Waals surface area contributed by atoms with Crippen molar-refractivity contribution < 1.29 is 18.7 Å². The van der Waals surface area contributed by atoms with Crippen molar-refractivity contribution in [2.45, 2.75) is 36.9 Å². The highest BCUT2D eigenvalue weighted by Crippen LogP contribution is 2.31. The standard InChI is InChI=1S/C22H23Cl2FN4O3S/c1-13(11-31-3)29-19(12-32-18-10-5-4-8-16(18)25)27-28-22(29)33-14(2)21(30)26-17-9-6-7-15(23)20(17)24/h4-10,13-14H,11-12H2,1-3H3,(H,26,30)/t13-,14-/m1/s1. The van der Waals surface area contributed by atoms with Gasteiger partial charge in [0, 0.05) is 7.11 Å². The van der Waals surface area contributed by atoms with Crippen LogP contribution in [0.25, 0.3) is 0 Å². The number of carbonyl (C=O) groups is 1. The van der Waals surface area contributed by atoms with Crippen molar-refractivity contribution in [2.24, 2.45) is 0 Å². The Labute approximate surface area is 205 Å². The van der Waals surface area contributed by atoms with Crippen molar-refractivity contribution in [1.82, 2.24) is 14.8 Å². The fourth-order valence-electron chi connectivity index (χ4n) is 3.00. The second kappa shape index (κ2) is 11.7. The number of hydrogen-bond donors (Lipinski definition) is 1. The molecule has 2 atom stereocenters. The molecule has 11 heteroatoms. The van der Waals surface area contributed by atoms with Gasteiger partial charge in [0.25, 0.3) is 0 Å². The highest BCUT2D eigenvalue weighted by molar-refractivity contribution is 8.00. The molecule has 1 aromatic heterocycles. The third kappa shape index (κ3) is 6.38. The monoisotopic (exact) mass is 512 g/mol. The van der Waals surface area contributed by atoms with Gasteiger partial charge in [-0.1, -0.05) is 53.2 Å². The Morgan fingerprint density at radius 3 is 2.67 bits per heavy atom. The second-order valence-corrected chi connectivity index (χ2v) is 9.24. The number of ether oxygens (including phenoxy) is 2. The lowest BCUT2D eigenvalue weighted by Gasteiger charge is -2.19. The number of aromatic nitrogens is 3. The summed E-state index contributed by atoms with van der Waals surface area (Å²) in [6, 6.07) is 11.0. The van der Waals surface area contributed by atoms with Crippen LogP contribution in [-0.2, 0) is 16.1 Å². The molecule has 0 unspecified atom stereocenters. The maximum absolute atomic E-state index is 13.9. The zero-order chi connectivity index (χ0) is 24.0. The van der Waals surface area contributed by atoms with Crippen molar-refractivity contribution in [2.75, 3.05) is 19.0 Å². The fourth-order valence-corrected chi connectivity index (χ4v) is 4.31. The predicted octanol–water partition coefficient (Wildman–Crippen LogP) is 5.63. The van der Waals surface area contributed by atoms with Crippen LogP contribution < -0.4 is 10.1 Å². The molecule has 176 valence electrons. The van der Waals surface area contributed by atoms with E-state index in [0.717, 1.165) is 0 Å². The van der Waals surface area contributed by atoms with Gasteiger partial charge in [0.15, 0.2) is 22.5 Å². The number of hydrogen-bond acceptors (Lipinski definition) is 6. The minimum atomic E-state index is -0.530. The van der Waals surface area contributed by atoms with Gasteiger partial charge in [-0.25, -0.2) is 4.39 Å². The van der Waals surface area contributed by atoms with Crippen LogP contribution in [0.4, 0.5) is 10.1 Å². The molecule has 33 heavy (non-hydrogen) atoms. The first-order chi connectivity index (χ1) is 15.8. The number of nitrogens with one attached hydrogen (secondary N) is 1. The van der Waals surface area contributed by atoms with Gasteiger partial charge in [0.05, 0.1) is 33.6 Å². The summed E-state index contributed by atoms with van der Waals surface area (Å²) in [5, 5.41) is 11.8. The molecule has 0 aliphatic heterocycles. The number of para-hydroxylation sites is 1. The molecule has 3 aromatic rings. The number of anilines is 1. The Morgan fingerprint density at radius 2 is 1.94 bits per heavy atom. The van der Waals surface area contributed by atoms with Gasteiger partial charge in [0.1, 0.15) is 6.61 Å². The number of halogens is 3. The lowest BCUT2D eigenvalue weighted by molar-refractivity contribution is -0.115. The first kappa shape index (κ1) is 25.3. The predicted molar refractivity (Wildman–Crippen MR) is 128 cm³/mol. The highest BCUT2D eigenvalue weighted by Gasteiger charge is 2.24. The molecule has 3 rings (SSSR count). The van der Waals surface area contributed by atoms with Crippen molar-refractivity contribution in [3.63, 3.8) is 0 Å². The van der Waals surface area contributed by atoms with Gasteiger partial charge < -0.3 is 14.8 Å². The number of benzene rings is 2. The summed E-state index contributed by atoms with van der Waals surface area (Å²) >= 11 is 13.4. The Morgan fingerprint density at radius 1 is 1.18 bits per heavy atom.